The second-order valence-electron chi connectivity index (χ2n) is 14.7. The Labute approximate surface area is 328 Å². The number of ether oxygens (including phenoxy) is 11. The largest absolute Gasteiger partial charge is 0.374 e. The van der Waals surface area contributed by atoms with E-state index >= 15 is 0 Å². The molecule has 13 atom stereocenters. The highest BCUT2D eigenvalue weighted by Crippen LogP contribution is 2.40. The van der Waals surface area contributed by atoms with Crippen LogP contribution < -0.4 is 0 Å². The highest BCUT2D eigenvalue weighted by atomic mass is 16.8. The fraction of sp³-hybridized carbons (Fsp3) is 0.467. The molecular weight excluding hydrogens is 716 g/mol. The van der Waals surface area contributed by atoms with Crippen molar-refractivity contribution in [2.75, 3.05) is 20.3 Å². The number of fused-ring (bicyclic) bond motifs is 2. The zero-order chi connectivity index (χ0) is 38.3. The van der Waals surface area contributed by atoms with Gasteiger partial charge in [-0.1, -0.05) is 121 Å². The molecule has 56 heavy (non-hydrogen) atoms. The van der Waals surface area contributed by atoms with E-state index in [0.717, 1.165) is 22.3 Å². The van der Waals surface area contributed by atoms with Crippen molar-refractivity contribution < 1.29 is 52.1 Å². The zero-order valence-corrected chi connectivity index (χ0v) is 32.1. The molecule has 4 heterocycles. The van der Waals surface area contributed by atoms with Crippen LogP contribution in [-0.4, -0.2) is 93.9 Å². The first kappa shape index (κ1) is 39.3. The van der Waals surface area contributed by atoms with Crippen LogP contribution in [0.5, 0.6) is 0 Å². The molecule has 0 unspecified atom stereocenters. The molecule has 0 saturated carbocycles. The van der Waals surface area contributed by atoms with Gasteiger partial charge in [-0.05, 0) is 30.5 Å². The van der Waals surface area contributed by atoms with Crippen LogP contribution in [0.4, 0.5) is 0 Å². The van der Waals surface area contributed by atoms with E-state index in [2.05, 4.69) is 0 Å². The van der Waals surface area contributed by atoms with Gasteiger partial charge in [-0.15, -0.1) is 0 Å². The highest BCUT2D eigenvalue weighted by molar-refractivity contribution is 5.18. The van der Waals surface area contributed by atoms with Crippen LogP contribution in [0, 0.1) is 0 Å². The molecular formula is C45H52O11. The Balaban J connectivity index is 1.11. The maximum atomic E-state index is 7.10. The average Bonchev–Trinajstić information content (AvgIpc) is 3.24. The Kier molecular flexibility index (Phi) is 13.2. The lowest BCUT2D eigenvalue weighted by molar-refractivity contribution is -0.407. The fourth-order valence-corrected chi connectivity index (χ4v) is 7.74. The molecule has 298 valence electrons. The SMILES string of the molecule is CO[C@H]1O[C@@H]2CO[C@@H](c3ccccc3)O[C@H]2[C@H](OCc2ccccc2)[C@@H]1O[C@H]1O[C@H](COCc2ccccc2)[C@H]2O[C@@H](C)[C@H](C)O[C@@H]2[C@@H]1OCc1ccccc1. The third-order valence-electron chi connectivity index (χ3n) is 10.8. The Hall–Kier alpha value is -3.56. The van der Waals surface area contributed by atoms with Gasteiger partial charge in [0, 0.05) is 12.7 Å². The van der Waals surface area contributed by atoms with Gasteiger partial charge in [0.25, 0.3) is 0 Å². The van der Waals surface area contributed by atoms with Crippen LogP contribution in [0.25, 0.3) is 0 Å². The molecule has 11 nitrogen and oxygen atoms in total. The topological polar surface area (TPSA) is 102 Å². The van der Waals surface area contributed by atoms with Crippen LogP contribution in [0.2, 0.25) is 0 Å². The normalized spacial score (nSPS) is 34.3. The van der Waals surface area contributed by atoms with Gasteiger partial charge >= 0.3 is 0 Å². The summed E-state index contributed by atoms with van der Waals surface area (Å²) in [6.07, 6.45) is -7.68. The van der Waals surface area contributed by atoms with Gasteiger partial charge in [0.05, 0.1) is 45.2 Å². The molecule has 4 aliphatic rings. The summed E-state index contributed by atoms with van der Waals surface area (Å²) < 4.78 is 72.7. The lowest BCUT2D eigenvalue weighted by atomic mass is 9.94. The van der Waals surface area contributed by atoms with Crippen molar-refractivity contribution >= 4 is 0 Å². The predicted octanol–water partition coefficient (Wildman–Crippen LogP) is 6.53. The smallest absolute Gasteiger partial charge is 0.187 e. The average molecular weight is 769 g/mol. The second-order valence-corrected chi connectivity index (χ2v) is 14.7. The quantitative estimate of drug-likeness (QED) is 0.140. The first-order valence-electron chi connectivity index (χ1n) is 19.6. The molecule has 0 amide bonds. The molecule has 0 spiro atoms. The molecule has 4 fully saturated rings. The standard InChI is InChI=1S/C45H52O11/c1-29-30(2)52-40-38(51-29)35(27-47-24-31-16-8-4-9-17-31)54-45(41(40)49-26-33-20-12-6-13-21-33)56-42-39(48-25-32-18-10-5-11-19-32)37-36(53-44(42)46-3)28-50-43(55-37)34-22-14-7-15-23-34/h4-23,29-30,35-45H,24-28H2,1-3H3/t29-,30-,35+,36+,37+,38+,39-,40-,41-,42-,43+,44-,45+/m0/s1. The number of rotatable bonds is 14. The third kappa shape index (κ3) is 9.25. The van der Waals surface area contributed by atoms with Crippen molar-refractivity contribution in [1.82, 2.24) is 0 Å². The molecule has 8 rings (SSSR count). The summed E-state index contributed by atoms with van der Waals surface area (Å²) in [6.45, 7) is 5.54. The minimum atomic E-state index is -0.968. The van der Waals surface area contributed by atoms with Crippen LogP contribution >= 0.6 is 0 Å². The maximum absolute atomic E-state index is 7.10. The summed E-state index contributed by atoms with van der Waals surface area (Å²) in [5.74, 6) is 0. The minimum Gasteiger partial charge on any atom is -0.374 e. The lowest BCUT2D eigenvalue weighted by Crippen LogP contribution is -2.69. The predicted molar refractivity (Wildman–Crippen MR) is 204 cm³/mol. The lowest BCUT2D eigenvalue weighted by Gasteiger charge is -2.53. The Morgan fingerprint density at radius 1 is 0.536 bits per heavy atom. The Morgan fingerprint density at radius 2 is 1.09 bits per heavy atom. The summed E-state index contributed by atoms with van der Waals surface area (Å²) in [6, 6.07) is 39.9. The molecule has 0 aromatic heterocycles. The van der Waals surface area contributed by atoms with Crippen LogP contribution in [-0.2, 0) is 71.9 Å². The molecule has 0 radical (unpaired) electrons. The van der Waals surface area contributed by atoms with Crippen molar-refractivity contribution in [3.05, 3.63) is 144 Å². The van der Waals surface area contributed by atoms with Crippen LogP contribution in [0.1, 0.15) is 42.4 Å². The van der Waals surface area contributed by atoms with Gasteiger partial charge in [-0.2, -0.15) is 0 Å². The number of hydrogen-bond donors (Lipinski definition) is 0. The second kappa shape index (κ2) is 18.8. The van der Waals surface area contributed by atoms with Crippen molar-refractivity contribution in [1.29, 1.82) is 0 Å². The highest BCUT2D eigenvalue weighted by Gasteiger charge is 2.57. The third-order valence-corrected chi connectivity index (χ3v) is 10.8. The molecule has 11 heteroatoms. The monoisotopic (exact) mass is 768 g/mol. The first-order valence-corrected chi connectivity index (χ1v) is 19.6. The van der Waals surface area contributed by atoms with E-state index in [4.69, 9.17) is 52.1 Å². The molecule has 4 aliphatic heterocycles. The molecule has 4 saturated heterocycles. The summed E-state index contributed by atoms with van der Waals surface area (Å²) in [7, 11) is 1.59. The van der Waals surface area contributed by atoms with E-state index in [-0.39, 0.29) is 25.4 Å². The maximum Gasteiger partial charge on any atom is 0.187 e. The van der Waals surface area contributed by atoms with Gasteiger partial charge in [0.15, 0.2) is 18.9 Å². The van der Waals surface area contributed by atoms with E-state index in [1.54, 1.807) is 7.11 Å². The van der Waals surface area contributed by atoms with Crippen molar-refractivity contribution in [2.24, 2.45) is 0 Å². The summed E-state index contributed by atoms with van der Waals surface area (Å²) >= 11 is 0. The fourth-order valence-electron chi connectivity index (χ4n) is 7.74. The van der Waals surface area contributed by atoms with E-state index in [0.29, 0.717) is 19.8 Å². The molecule has 4 aromatic rings. The molecule has 0 aliphatic carbocycles. The molecule has 0 bridgehead atoms. The minimum absolute atomic E-state index is 0.177. The Bertz CT molecular complexity index is 1750. The van der Waals surface area contributed by atoms with Gasteiger partial charge in [0.2, 0.25) is 0 Å². The number of methoxy groups -OCH3 is 1. The van der Waals surface area contributed by atoms with Gasteiger partial charge in [-0.25, -0.2) is 0 Å². The van der Waals surface area contributed by atoms with Crippen molar-refractivity contribution in [3.63, 3.8) is 0 Å². The Morgan fingerprint density at radius 3 is 1.70 bits per heavy atom. The van der Waals surface area contributed by atoms with E-state index in [9.17, 15) is 0 Å². The summed E-state index contributed by atoms with van der Waals surface area (Å²) in [4.78, 5) is 0. The molecule has 4 aromatic carbocycles. The van der Waals surface area contributed by atoms with Gasteiger partial charge in [-0.3, -0.25) is 0 Å². The van der Waals surface area contributed by atoms with E-state index < -0.39 is 67.7 Å². The number of benzene rings is 4. The van der Waals surface area contributed by atoms with Crippen LogP contribution in [0.3, 0.4) is 0 Å². The van der Waals surface area contributed by atoms with Crippen LogP contribution in [0.15, 0.2) is 121 Å². The summed E-state index contributed by atoms with van der Waals surface area (Å²) in [5.41, 5.74) is 3.95. The number of hydrogen-bond acceptors (Lipinski definition) is 11. The van der Waals surface area contributed by atoms with E-state index in [1.807, 2.05) is 135 Å². The zero-order valence-electron chi connectivity index (χ0n) is 32.1. The van der Waals surface area contributed by atoms with Gasteiger partial charge in [0.1, 0.15) is 48.8 Å². The molecule has 0 N–H and O–H groups in total. The van der Waals surface area contributed by atoms with Crippen molar-refractivity contribution in [3.8, 4) is 0 Å². The summed E-state index contributed by atoms with van der Waals surface area (Å²) in [5, 5.41) is 0. The van der Waals surface area contributed by atoms with E-state index in [1.165, 1.54) is 0 Å². The van der Waals surface area contributed by atoms with Crippen molar-refractivity contribution in [2.45, 2.75) is 114 Å². The first-order chi connectivity index (χ1) is 27.5. The van der Waals surface area contributed by atoms with Gasteiger partial charge < -0.3 is 52.1 Å².